The summed E-state index contributed by atoms with van der Waals surface area (Å²) in [7, 11) is 0. The SMILES string of the molecule is Cc1onc(-c2ccccc2Cl)c1C(=O)N[C@@H]1C(=O)N2CC(C)(C)SC12. The van der Waals surface area contributed by atoms with Crippen LogP contribution in [0.5, 0.6) is 0 Å². The van der Waals surface area contributed by atoms with Gasteiger partial charge in [-0.05, 0) is 26.8 Å². The first-order valence-electron chi connectivity index (χ1n) is 8.29. The summed E-state index contributed by atoms with van der Waals surface area (Å²) in [4.78, 5) is 27.1. The summed E-state index contributed by atoms with van der Waals surface area (Å²) < 4.78 is 5.23. The Morgan fingerprint density at radius 1 is 1.42 bits per heavy atom. The maximum atomic E-state index is 12.9. The number of hydrogen-bond acceptors (Lipinski definition) is 5. The van der Waals surface area contributed by atoms with E-state index in [-0.39, 0.29) is 21.9 Å². The van der Waals surface area contributed by atoms with Gasteiger partial charge in [0.1, 0.15) is 28.4 Å². The van der Waals surface area contributed by atoms with E-state index < -0.39 is 6.04 Å². The molecule has 1 aromatic carbocycles. The number of aryl methyl sites for hydroxylation is 1. The molecule has 4 rings (SSSR count). The summed E-state index contributed by atoms with van der Waals surface area (Å²) in [6.07, 6.45) is 0. The lowest BCUT2D eigenvalue weighted by Crippen LogP contribution is -2.67. The number of rotatable bonds is 3. The van der Waals surface area contributed by atoms with Gasteiger partial charge < -0.3 is 14.7 Å². The zero-order chi connectivity index (χ0) is 18.6. The van der Waals surface area contributed by atoms with Gasteiger partial charge in [-0.3, -0.25) is 9.59 Å². The smallest absolute Gasteiger partial charge is 0.257 e. The number of benzene rings is 1. The van der Waals surface area contributed by atoms with E-state index >= 15 is 0 Å². The van der Waals surface area contributed by atoms with Crippen molar-refractivity contribution in [1.29, 1.82) is 0 Å². The molecular formula is C18H18ClN3O3S. The van der Waals surface area contributed by atoms with E-state index in [1.54, 1.807) is 36.9 Å². The second-order valence-corrected chi connectivity index (χ2v) is 9.36. The highest BCUT2D eigenvalue weighted by atomic mass is 35.5. The van der Waals surface area contributed by atoms with Crippen molar-refractivity contribution in [2.45, 2.75) is 36.9 Å². The Hall–Kier alpha value is -1.99. The molecule has 1 unspecified atom stereocenters. The van der Waals surface area contributed by atoms with E-state index in [0.29, 0.717) is 34.1 Å². The highest BCUT2D eigenvalue weighted by Crippen LogP contribution is 2.46. The Morgan fingerprint density at radius 3 is 2.88 bits per heavy atom. The highest BCUT2D eigenvalue weighted by Gasteiger charge is 2.56. The van der Waals surface area contributed by atoms with Crippen molar-refractivity contribution in [2.24, 2.45) is 0 Å². The summed E-state index contributed by atoms with van der Waals surface area (Å²) in [5, 5.41) is 7.32. The molecule has 2 aliphatic heterocycles. The van der Waals surface area contributed by atoms with Gasteiger partial charge in [0.2, 0.25) is 5.91 Å². The molecule has 0 saturated carbocycles. The molecule has 2 aliphatic rings. The molecule has 0 spiro atoms. The summed E-state index contributed by atoms with van der Waals surface area (Å²) >= 11 is 7.95. The molecular weight excluding hydrogens is 374 g/mol. The van der Waals surface area contributed by atoms with Gasteiger partial charge in [0.05, 0.1) is 5.02 Å². The highest BCUT2D eigenvalue weighted by molar-refractivity contribution is 8.01. The van der Waals surface area contributed by atoms with E-state index in [0.717, 1.165) is 0 Å². The van der Waals surface area contributed by atoms with Gasteiger partial charge in [-0.15, -0.1) is 11.8 Å². The van der Waals surface area contributed by atoms with Crippen LogP contribution >= 0.6 is 23.4 Å². The summed E-state index contributed by atoms with van der Waals surface area (Å²) in [5.41, 5.74) is 1.31. The maximum absolute atomic E-state index is 12.9. The number of carbonyl (C=O) groups excluding carboxylic acids is 2. The fourth-order valence-corrected chi connectivity index (χ4v) is 5.14. The van der Waals surface area contributed by atoms with E-state index in [1.165, 1.54) is 0 Å². The molecule has 2 saturated heterocycles. The minimum Gasteiger partial charge on any atom is -0.360 e. The lowest BCUT2D eigenvalue weighted by Gasteiger charge is -2.41. The zero-order valence-electron chi connectivity index (χ0n) is 14.6. The average molecular weight is 392 g/mol. The number of carbonyl (C=O) groups is 2. The van der Waals surface area contributed by atoms with Gasteiger partial charge >= 0.3 is 0 Å². The molecule has 136 valence electrons. The Kier molecular flexibility index (Phi) is 4.04. The Morgan fingerprint density at radius 2 is 2.15 bits per heavy atom. The molecule has 0 radical (unpaired) electrons. The van der Waals surface area contributed by atoms with Crippen molar-refractivity contribution in [3.8, 4) is 11.3 Å². The van der Waals surface area contributed by atoms with Gasteiger partial charge in [-0.1, -0.05) is 35.0 Å². The molecule has 1 N–H and O–H groups in total. The summed E-state index contributed by atoms with van der Waals surface area (Å²) in [5.74, 6) is -0.0303. The minimum absolute atomic E-state index is 0.00432. The number of halogens is 1. The van der Waals surface area contributed by atoms with Crippen LogP contribution in [0.2, 0.25) is 5.02 Å². The molecule has 6 nitrogen and oxygen atoms in total. The van der Waals surface area contributed by atoms with E-state index in [1.807, 2.05) is 11.0 Å². The first-order chi connectivity index (χ1) is 12.3. The number of fused-ring (bicyclic) bond motifs is 1. The molecule has 0 aliphatic carbocycles. The van der Waals surface area contributed by atoms with Crippen LogP contribution in [0.4, 0.5) is 0 Å². The molecule has 0 bridgehead atoms. The molecule has 3 heterocycles. The fourth-order valence-electron chi connectivity index (χ4n) is 3.42. The van der Waals surface area contributed by atoms with Crippen molar-refractivity contribution < 1.29 is 14.1 Å². The van der Waals surface area contributed by atoms with Crippen LogP contribution in [0.3, 0.4) is 0 Å². The minimum atomic E-state index is -0.525. The number of thioether (sulfide) groups is 1. The first kappa shape index (κ1) is 17.4. The van der Waals surface area contributed by atoms with Crippen molar-refractivity contribution >= 4 is 35.2 Å². The van der Waals surface area contributed by atoms with Gasteiger partial charge in [0.25, 0.3) is 5.91 Å². The van der Waals surface area contributed by atoms with Crippen LogP contribution in [0.15, 0.2) is 28.8 Å². The second-order valence-electron chi connectivity index (χ2n) is 7.13. The predicted molar refractivity (Wildman–Crippen MR) is 100 cm³/mol. The lowest BCUT2D eigenvalue weighted by molar-refractivity contribution is -0.144. The van der Waals surface area contributed by atoms with Crippen LogP contribution < -0.4 is 5.32 Å². The molecule has 2 aromatic rings. The van der Waals surface area contributed by atoms with E-state index in [4.69, 9.17) is 16.1 Å². The largest absolute Gasteiger partial charge is 0.360 e. The van der Waals surface area contributed by atoms with Crippen LogP contribution in [0.25, 0.3) is 11.3 Å². The van der Waals surface area contributed by atoms with Crippen molar-refractivity contribution in [2.75, 3.05) is 6.54 Å². The van der Waals surface area contributed by atoms with Crippen molar-refractivity contribution in [3.63, 3.8) is 0 Å². The molecule has 2 atom stereocenters. The molecule has 2 amide bonds. The van der Waals surface area contributed by atoms with Crippen LogP contribution in [0.1, 0.15) is 30.0 Å². The summed E-state index contributed by atoms with van der Waals surface area (Å²) in [6, 6.07) is 6.61. The lowest BCUT2D eigenvalue weighted by atomic mass is 10.0. The number of hydrogen-bond donors (Lipinski definition) is 1. The van der Waals surface area contributed by atoms with Gasteiger partial charge in [0, 0.05) is 16.9 Å². The maximum Gasteiger partial charge on any atom is 0.257 e. The molecule has 2 fully saturated rings. The Bertz CT molecular complexity index is 911. The number of nitrogens with zero attached hydrogens (tertiary/aromatic N) is 2. The third-order valence-electron chi connectivity index (χ3n) is 4.64. The first-order valence-corrected chi connectivity index (χ1v) is 9.54. The van der Waals surface area contributed by atoms with Gasteiger partial charge in [0.15, 0.2) is 0 Å². The van der Waals surface area contributed by atoms with Gasteiger partial charge in [-0.25, -0.2) is 0 Å². The molecule has 8 heteroatoms. The molecule has 1 aromatic heterocycles. The van der Waals surface area contributed by atoms with Crippen LogP contribution in [0, 0.1) is 6.92 Å². The standard InChI is InChI=1S/C18H18ClN3O3S/c1-9-12(13(21-25-9)10-6-4-5-7-11(10)19)15(23)20-14-16(24)22-8-18(2,3)26-17(14)22/h4-7,14,17H,8H2,1-3H3,(H,20,23)/t14-,17?/m1/s1. The normalized spacial score (nSPS) is 23.5. The predicted octanol–water partition coefficient (Wildman–Crippen LogP) is 3.10. The topological polar surface area (TPSA) is 75.4 Å². The fraction of sp³-hybridized carbons (Fsp3) is 0.389. The third kappa shape index (κ3) is 2.70. The number of β-lactam (4-membered cyclic amide) rings is 1. The number of aromatic nitrogens is 1. The number of nitrogens with one attached hydrogen (secondary N) is 1. The average Bonchev–Trinajstić information content (AvgIpc) is 3.11. The van der Waals surface area contributed by atoms with Gasteiger partial charge in [-0.2, -0.15) is 0 Å². The van der Waals surface area contributed by atoms with E-state index in [2.05, 4.69) is 24.3 Å². The van der Waals surface area contributed by atoms with Crippen molar-refractivity contribution in [1.82, 2.24) is 15.4 Å². The van der Waals surface area contributed by atoms with Crippen molar-refractivity contribution in [3.05, 3.63) is 40.6 Å². The summed E-state index contributed by atoms with van der Waals surface area (Å²) in [6.45, 7) is 6.57. The Labute approximate surface area is 160 Å². The zero-order valence-corrected chi connectivity index (χ0v) is 16.1. The second kappa shape index (κ2) is 6.03. The van der Waals surface area contributed by atoms with Crippen LogP contribution in [-0.4, -0.2) is 44.6 Å². The van der Waals surface area contributed by atoms with Crippen LogP contribution in [-0.2, 0) is 4.79 Å². The Balaban J connectivity index is 1.60. The third-order valence-corrected chi connectivity index (χ3v) is 6.50. The molecule has 26 heavy (non-hydrogen) atoms. The quantitative estimate of drug-likeness (QED) is 0.813. The van der Waals surface area contributed by atoms with E-state index in [9.17, 15) is 9.59 Å². The monoisotopic (exact) mass is 391 g/mol. The number of amides is 2.